The van der Waals surface area contributed by atoms with Gasteiger partial charge in [-0.3, -0.25) is 4.79 Å². The molecule has 4 heteroatoms. The Hall–Kier alpha value is -1.05. The summed E-state index contributed by atoms with van der Waals surface area (Å²) in [6, 6.07) is 0. The highest BCUT2D eigenvalue weighted by Gasteiger charge is 2.09. The third-order valence-corrected chi connectivity index (χ3v) is 2.86. The number of hydrogen-bond acceptors (Lipinski definition) is 3. The first kappa shape index (κ1) is 16.0. The minimum Gasteiger partial charge on any atom is -0.380 e. The number of amides is 1. The predicted molar refractivity (Wildman–Crippen MR) is 74.7 cm³/mol. The van der Waals surface area contributed by atoms with Gasteiger partial charge in [0.2, 0.25) is 5.91 Å². The molecule has 1 atom stereocenters. The maximum Gasteiger partial charge on any atom is 0.246 e. The molecule has 108 valence electrons. The molecule has 0 heterocycles. The fraction of sp³-hybridized carbons (Fsp3) is 0.800. The molecule has 0 aromatic carbocycles. The van der Waals surface area contributed by atoms with Crippen LogP contribution in [-0.2, 0) is 14.3 Å². The summed E-state index contributed by atoms with van der Waals surface area (Å²) in [5.41, 5.74) is 0. The van der Waals surface area contributed by atoms with Crippen LogP contribution in [0.3, 0.4) is 0 Å². The highest BCUT2D eigenvalue weighted by Crippen LogP contribution is 2.10. The molecule has 1 aliphatic rings. The van der Waals surface area contributed by atoms with Gasteiger partial charge < -0.3 is 14.8 Å². The van der Waals surface area contributed by atoms with E-state index < -0.39 is 0 Å². The van der Waals surface area contributed by atoms with Crippen molar-refractivity contribution in [2.45, 2.75) is 51.6 Å². The summed E-state index contributed by atoms with van der Waals surface area (Å²) in [5.74, 6) is 6.09. The van der Waals surface area contributed by atoms with E-state index in [0.717, 1.165) is 32.3 Å². The average molecular weight is 267 g/mol. The zero-order valence-corrected chi connectivity index (χ0v) is 11.9. The van der Waals surface area contributed by atoms with Crippen LogP contribution in [0.15, 0.2) is 0 Å². The van der Waals surface area contributed by atoms with Crippen LogP contribution in [0, 0.1) is 11.8 Å². The van der Waals surface area contributed by atoms with Crippen LogP contribution in [0.25, 0.3) is 0 Å². The maximum absolute atomic E-state index is 11.5. The zero-order chi connectivity index (χ0) is 13.8. The second kappa shape index (κ2) is 10.8. The van der Waals surface area contributed by atoms with Gasteiger partial charge in [-0.05, 0) is 25.7 Å². The third-order valence-electron chi connectivity index (χ3n) is 2.86. The average Bonchev–Trinajstić information content (AvgIpc) is 2.37. The van der Waals surface area contributed by atoms with E-state index in [1.54, 1.807) is 0 Å². The lowest BCUT2D eigenvalue weighted by molar-refractivity contribution is -0.127. The van der Waals surface area contributed by atoms with Gasteiger partial charge in [0.1, 0.15) is 12.7 Å². The Balaban J connectivity index is 2.08. The number of hydrogen-bond donors (Lipinski definition) is 1. The number of ether oxygens (including phenoxy) is 2. The van der Waals surface area contributed by atoms with E-state index in [1.807, 2.05) is 0 Å². The zero-order valence-electron chi connectivity index (χ0n) is 11.9. The second-order valence-electron chi connectivity index (χ2n) is 4.68. The molecule has 0 radical (unpaired) electrons. The first-order chi connectivity index (χ1) is 9.33. The summed E-state index contributed by atoms with van der Waals surface area (Å²) in [7, 11) is 0. The van der Waals surface area contributed by atoms with E-state index in [4.69, 9.17) is 9.47 Å². The first-order valence-corrected chi connectivity index (χ1v) is 7.27. The predicted octanol–water partition coefficient (Wildman–Crippen LogP) is 1.88. The van der Waals surface area contributed by atoms with Gasteiger partial charge in [0.25, 0.3) is 0 Å². The largest absolute Gasteiger partial charge is 0.380 e. The van der Waals surface area contributed by atoms with Gasteiger partial charge in [0.05, 0.1) is 6.61 Å². The molecule has 0 aromatic rings. The van der Waals surface area contributed by atoms with Gasteiger partial charge in [-0.15, -0.1) is 5.92 Å². The molecule has 0 bridgehead atoms. The van der Waals surface area contributed by atoms with Crippen LogP contribution in [0.4, 0.5) is 0 Å². The summed E-state index contributed by atoms with van der Waals surface area (Å²) in [6.07, 6.45) is 6.31. The fourth-order valence-corrected chi connectivity index (χ4v) is 1.84. The van der Waals surface area contributed by atoms with Crippen molar-refractivity contribution in [1.29, 1.82) is 0 Å². The molecule has 0 aromatic heterocycles. The number of carbonyl (C=O) groups is 1. The molecule has 0 fully saturated rings. The van der Waals surface area contributed by atoms with Crippen LogP contribution < -0.4 is 5.32 Å². The fourth-order valence-electron chi connectivity index (χ4n) is 1.84. The number of rotatable bonds is 8. The van der Waals surface area contributed by atoms with E-state index in [0.29, 0.717) is 13.2 Å². The monoisotopic (exact) mass is 267 g/mol. The summed E-state index contributed by atoms with van der Waals surface area (Å²) in [6.45, 7) is 3.99. The molecular formula is C15H25NO3. The van der Waals surface area contributed by atoms with Crippen molar-refractivity contribution in [2.75, 3.05) is 26.4 Å². The summed E-state index contributed by atoms with van der Waals surface area (Å²) in [5, 5.41) is 2.77. The smallest absolute Gasteiger partial charge is 0.246 e. The molecule has 1 N–H and O–H groups in total. The van der Waals surface area contributed by atoms with Crippen molar-refractivity contribution in [3.8, 4) is 11.8 Å². The molecule has 1 unspecified atom stereocenters. The maximum atomic E-state index is 11.5. The van der Waals surface area contributed by atoms with Gasteiger partial charge in [-0.2, -0.15) is 0 Å². The molecular weight excluding hydrogens is 242 g/mol. The van der Waals surface area contributed by atoms with Crippen LogP contribution >= 0.6 is 0 Å². The lowest BCUT2D eigenvalue weighted by atomic mass is 10.1. The topological polar surface area (TPSA) is 47.6 Å². The molecule has 0 spiro atoms. The van der Waals surface area contributed by atoms with Gasteiger partial charge in [-0.25, -0.2) is 0 Å². The molecule has 0 aliphatic heterocycles. The Kier molecular flexibility index (Phi) is 9.13. The normalized spacial score (nSPS) is 18.9. The molecule has 0 saturated carbocycles. The Morgan fingerprint density at radius 3 is 3.05 bits per heavy atom. The quantitative estimate of drug-likeness (QED) is 0.539. The number of carbonyl (C=O) groups excluding carboxylic acids is 1. The highest BCUT2D eigenvalue weighted by atomic mass is 16.5. The summed E-state index contributed by atoms with van der Waals surface area (Å²) in [4.78, 5) is 11.5. The standard InChI is InChI=1S/C15H25NO3/c1-2-11-18-12-10-16-15(17)13-19-14-8-6-4-3-5-7-9-14/h14H,2-6,8,10-13H2,1H3,(H,16,17). The lowest BCUT2D eigenvalue weighted by Gasteiger charge is -2.13. The van der Waals surface area contributed by atoms with E-state index in [1.165, 1.54) is 12.8 Å². The molecule has 1 rings (SSSR count). The first-order valence-electron chi connectivity index (χ1n) is 7.27. The van der Waals surface area contributed by atoms with Crippen LogP contribution in [0.1, 0.15) is 45.4 Å². The SMILES string of the molecule is CCCOCCNC(=O)COC1C#CCCCCC1. The molecule has 1 amide bonds. The third kappa shape index (κ3) is 8.63. The van der Waals surface area contributed by atoms with E-state index >= 15 is 0 Å². The van der Waals surface area contributed by atoms with Gasteiger partial charge in [0.15, 0.2) is 0 Å². The molecule has 19 heavy (non-hydrogen) atoms. The van der Waals surface area contributed by atoms with Crippen molar-refractivity contribution < 1.29 is 14.3 Å². The van der Waals surface area contributed by atoms with Gasteiger partial charge in [-0.1, -0.05) is 19.3 Å². The minimum atomic E-state index is -0.0936. The number of nitrogens with one attached hydrogen (secondary N) is 1. The molecule has 0 saturated heterocycles. The van der Waals surface area contributed by atoms with E-state index in [-0.39, 0.29) is 18.6 Å². The van der Waals surface area contributed by atoms with Gasteiger partial charge in [0, 0.05) is 19.6 Å². The van der Waals surface area contributed by atoms with Gasteiger partial charge >= 0.3 is 0 Å². The lowest BCUT2D eigenvalue weighted by Crippen LogP contribution is -2.32. The Bertz CT molecular complexity index is 306. The Morgan fingerprint density at radius 2 is 2.21 bits per heavy atom. The summed E-state index contributed by atoms with van der Waals surface area (Å²) >= 11 is 0. The van der Waals surface area contributed by atoms with E-state index in [2.05, 4.69) is 24.1 Å². The highest BCUT2D eigenvalue weighted by molar-refractivity contribution is 5.77. The molecule has 4 nitrogen and oxygen atoms in total. The van der Waals surface area contributed by atoms with Crippen molar-refractivity contribution in [1.82, 2.24) is 5.32 Å². The Morgan fingerprint density at radius 1 is 1.32 bits per heavy atom. The molecule has 1 aliphatic carbocycles. The van der Waals surface area contributed by atoms with Crippen LogP contribution in [0.5, 0.6) is 0 Å². The Labute approximate surface area is 116 Å². The van der Waals surface area contributed by atoms with Crippen molar-refractivity contribution >= 4 is 5.91 Å². The minimum absolute atomic E-state index is 0.0811. The van der Waals surface area contributed by atoms with Crippen molar-refractivity contribution in [3.05, 3.63) is 0 Å². The summed E-state index contributed by atoms with van der Waals surface area (Å²) < 4.78 is 10.8. The van der Waals surface area contributed by atoms with E-state index in [9.17, 15) is 4.79 Å². The van der Waals surface area contributed by atoms with Crippen LogP contribution in [-0.4, -0.2) is 38.4 Å². The van der Waals surface area contributed by atoms with Crippen molar-refractivity contribution in [2.24, 2.45) is 0 Å². The van der Waals surface area contributed by atoms with Crippen LogP contribution in [0.2, 0.25) is 0 Å². The van der Waals surface area contributed by atoms with Crippen molar-refractivity contribution in [3.63, 3.8) is 0 Å². The second-order valence-corrected chi connectivity index (χ2v) is 4.68.